The number of aryl methyl sites for hydroxylation is 1. The zero-order valence-electron chi connectivity index (χ0n) is 17.0. The molecule has 2 fully saturated rings. The average Bonchev–Trinajstić information content (AvgIpc) is 3.24. The minimum absolute atomic E-state index is 0.178. The summed E-state index contributed by atoms with van der Waals surface area (Å²) in [6, 6.07) is 13.4. The Hall–Kier alpha value is -2.64. The number of urea groups is 1. The van der Waals surface area contributed by atoms with Crippen LogP contribution in [0.3, 0.4) is 0 Å². The molecule has 0 bridgehead atoms. The molecule has 0 radical (unpaired) electrons. The number of Topliss-reactive ketones (excluding diaryl/α,β-unsaturated/α-hetero) is 1. The van der Waals surface area contributed by atoms with Gasteiger partial charge in [0.15, 0.2) is 5.78 Å². The number of aromatic nitrogens is 1. The van der Waals surface area contributed by atoms with E-state index in [0.29, 0.717) is 38.2 Å². The molecule has 1 aromatic heterocycles. The molecular weight excluding hydrogens is 402 g/mol. The van der Waals surface area contributed by atoms with Gasteiger partial charge in [0.05, 0.1) is 5.56 Å². The second-order valence-electron chi connectivity index (χ2n) is 7.87. The van der Waals surface area contributed by atoms with Crippen LogP contribution in [-0.4, -0.2) is 66.5 Å². The number of carbonyl (C=O) groups excluding carboxylic acids is 2. The zero-order chi connectivity index (χ0) is 21.1. The van der Waals surface area contributed by atoms with E-state index in [2.05, 4.69) is 32.7 Å². The number of benzene rings is 1. The van der Waals surface area contributed by atoms with E-state index in [-0.39, 0.29) is 17.0 Å². The quantitative estimate of drug-likeness (QED) is 0.579. The van der Waals surface area contributed by atoms with Crippen LogP contribution < -0.4 is 15.5 Å². The number of piperazine rings is 1. The van der Waals surface area contributed by atoms with Gasteiger partial charge in [-0.1, -0.05) is 29.8 Å². The van der Waals surface area contributed by atoms with Crippen LogP contribution in [0.4, 0.5) is 10.5 Å². The lowest BCUT2D eigenvalue weighted by Crippen LogP contribution is -2.61. The Morgan fingerprint density at radius 2 is 1.83 bits per heavy atom. The fourth-order valence-corrected chi connectivity index (χ4v) is 4.37. The van der Waals surface area contributed by atoms with E-state index in [4.69, 9.17) is 11.6 Å². The van der Waals surface area contributed by atoms with Gasteiger partial charge in [0.1, 0.15) is 10.7 Å². The number of halogens is 1. The molecule has 2 amide bonds. The molecule has 2 aliphatic heterocycles. The molecule has 0 spiro atoms. The molecule has 0 unspecified atom stereocenters. The molecule has 2 aromatic rings. The topological polar surface area (TPSA) is 77.6 Å². The maximum Gasteiger partial charge on any atom is 0.318 e. The summed E-state index contributed by atoms with van der Waals surface area (Å²) in [5.74, 6) is -0.193. The van der Waals surface area contributed by atoms with Crippen LogP contribution in [0.15, 0.2) is 42.5 Å². The molecule has 8 heteroatoms. The van der Waals surface area contributed by atoms with Crippen LogP contribution in [0.25, 0.3) is 0 Å². The first kappa shape index (κ1) is 20.6. The third kappa shape index (κ3) is 4.13. The Labute approximate surface area is 181 Å². The van der Waals surface area contributed by atoms with Crippen molar-refractivity contribution < 1.29 is 9.59 Å². The first-order chi connectivity index (χ1) is 14.5. The second-order valence-corrected chi connectivity index (χ2v) is 8.23. The van der Waals surface area contributed by atoms with Crippen molar-refractivity contribution in [3.63, 3.8) is 0 Å². The maximum atomic E-state index is 13.4. The van der Waals surface area contributed by atoms with Crippen molar-refractivity contribution in [3.8, 4) is 0 Å². The Bertz CT molecular complexity index is 922. The lowest BCUT2D eigenvalue weighted by atomic mass is 9.89. The highest BCUT2D eigenvalue weighted by Gasteiger charge is 2.44. The Morgan fingerprint density at radius 3 is 2.47 bits per heavy atom. The van der Waals surface area contributed by atoms with Crippen molar-refractivity contribution in [1.29, 1.82) is 0 Å². The molecule has 1 atom stereocenters. The van der Waals surface area contributed by atoms with Gasteiger partial charge < -0.3 is 20.4 Å². The number of carbonyl (C=O) groups is 2. The van der Waals surface area contributed by atoms with Gasteiger partial charge in [0.2, 0.25) is 0 Å². The summed E-state index contributed by atoms with van der Waals surface area (Å²) in [7, 11) is 0. The maximum absolute atomic E-state index is 13.4. The monoisotopic (exact) mass is 427 g/mol. The lowest BCUT2D eigenvalue weighted by molar-refractivity contribution is 0.0862. The highest BCUT2D eigenvalue weighted by molar-refractivity contribution is 6.33. The summed E-state index contributed by atoms with van der Waals surface area (Å²) in [4.78, 5) is 34.6. The molecule has 2 saturated heterocycles. The Kier molecular flexibility index (Phi) is 5.92. The molecule has 0 saturated carbocycles. The van der Waals surface area contributed by atoms with Gasteiger partial charge in [0, 0.05) is 44.1 Å². The number of hydrogen-bond acceptors (Lipinski definition) is 5. The van der Waals surface area contributed by atoms with Gasteiger partial charge in [0.25, 0.3) is 0 Å². The molecule has 2 N–H and O–H groups in total. The first-order valence-corrected chi connectivity index (χ1v) is 10.6. The van der Waals surface area contributed by atoms with Gasteiger partial charge in [-0.25, -0.2) is 9.78 Å². The number of hydrogen-bond donors (Lipinski definition) is 2. The third-order valence-corrected chi connectivity index (χ3v) is 6.15. The second kappa shape index (κ2) is 8.62. The molecular formula is C22H26ClN5O2. The van der Waals surface area contributed by atoms with Crippen molar-refractivity contribution in [2.24, 2.45) is 0 Å². The number of ketones is 1. The standard InChI is InChI=1S/C22H26ClN5O2/c1-16-7-8-18(20(23)25-16)19(29)22(9-10-24-15-22)26-21(30)28-13-11-27(12-14-28)17-5-3-2-4-6-17/h2-8,24H,9-15H2,1H3,(H,26,30)/t22-/m1/s1. The van der Waals surface area contributed by atoms with Crippen molar-refractivity contribution >= 4 is 29.1 Å². The highest BCUT2D eigenvalue weighted by Crippen LogP contribution is 2.25. The normalized spacial score (nSPS) is 21.5. The molecule has 3 heterocycles. The summed E-state index contributed by atoms with van der Waals surface area (Å²) < 4.78 is 0. The fourth-order valence-electron chi connectivity index (χ4n) is 4.09. The van der Waals surface area contributed by atoms with E-state index in [1.807, 2.05) is 25.1 Å². The van der Waals surface area contributed by atoms with Gasteiger partial charge in [-0.05, 0) is 44.2 Å². The van der Waals surface area contributed by atoms with Gasteiger partial charge in [-0.2, -0.15) is 0 Å². The van der Waals surface area contributed by atoms with Gasteiger partial charge in [-0.15, -0.1) is 0 Å². The number of amides is 2. The van der Waals surface area contributed by atoms with Crippen LogP contribution >= 0.6 is 11.6 Å². The summed E-state index contributed by atoms with van der Waals surface area (Å²) in [5, 5.41) is 6.41. The molecule has 2 aliphatic rings. The number of nitrogens with zero attached hydrogens (tertiary/aromatic N) is 3. The summed E-state index contributed by atoms with van der Waals surface area (Å²) in [6.07, 6.45) is 0.520. The van der Waals surface area contributed by atoms with Crippen LogP contribution in [0.5, 0.6) is 0 Å². The first-order valence-electron chi connectivity index (χ1n) is 10.2. The Balaban J connectivity index is 1.44. The predicted molar refractivity (Wildman–Crippen MR) is 117 cm³/mol. The third-order valence-electron chi connectivity index (χ3n) is 5.86. The van der Waals surface area contributed by atoms with E-state index in [0.717, 1.165) is 24.5 Å². The molecule has 0 aliphatic carbocycles. The lowest BCUT2D eigenvalue weighted by Gasteiger charge is -2.38. The van der Waals surface area contributed by atoms with Crippen LogP contribution in [0, 0.1) is 6.92 Å². The summed E-state index contributed by atoms with van der Waals surface area (Å²) in [6.45, 7) is 5.57. The van der Waals surface area contributed by atoms with Crippen LogP contribution in [-0.2, 0) is 0 Å². The largest absolute Gasteiger partial charge is 0.368 e. The number of pyridine rings is 1. The van der Waals surface area contributed by atoms with E-state index in [1.165, 1.54) is 0 Å². The predicted octanol–water partition coefficient (Wildman–Crippen LogP) is 2.49. The minimum atomic E-state index is -1.01. The summed E-state index contributed by atoms with van der Waals surface area (Å²) >= 11 is 6.24. The molecule has 30 heavy (non-hydrogen) atoms. The number of para-hydroxylation sites is 1. The van der Waals surface area contributed by atoms with Crippen molar-refractivity contribution in [2.75, 3.05) is 44.2 Å². The van der Waals surface area contributed by atoms with Crippen molar-refractivity contribution in [1.82, 2.24) is 20.5 Å². The van der Waals surface area contributed by atoms with Gasteiger partial charge in [-0.3, -0.25) is 4.79 Å². The van der Waals surface area contributed by atoms with Crippen LogP contribution in [0.2, 0.25) is 5.15 Å². The summed E-state index contributed by atoms with van der Waals surface area (Å²) in [5.41, 5.74) is 1.25. The highest BCUT2D eigenvalue weighted by atomic mass is 35.5. The number of nitrogens with one attached hydrogen (secondary N) is 2. The van der Waals surface area contributed by atoms with E-state index < -0.39 is 5.54 Å². The van der Waals surface area contributed by atoms with E-state index >= 15 is 0 Å². The van der Waals surface area contributed by atoms with E-state index in [1.54, 1.807) is 17.0 Å². The Morgan fingerprint density at radius 1 is 1.10 bits per heavy atom. The minimum Gasteiger partial charge on any atom is -0.368 e. The van der Waals surface area contributed by atoms with Crippen molar-refractivity contribution in [2.45, 2.75) is 18.9 Å². The fraction of sp³-hybridized carbons (Fsp3) is 0.409. The average molecular weight is 428 g/mol. The SMILES string of the molecule is Cc1ccc(C(=O)[C@@]2(NC(=O)N3CCN(c4ccccc4)CC3)CCNC2)c(Cl)n1. The smallest absolute Gasteiger partial charge is 0.318 e. The molecule has 158 valence electrons. The number of rotatable bonds is 4. The number of anilines is 1. The van der Waals surface area contributed by atoms with Crippen LogP contribution in [0.1, 0.15) is 22.5 Å². The molecule has 1 aromatic carbocycles. The zero-order valence-corrected chi connectivity index (χ0v) is 17.8. The van der Waals surface area contributed by atoms with Gasteiger partial charge >= 0.3 is 6.03 Å². The molecule has 7 nitrogen and oxygen atoms in total. The van der Waals surface area contributed by atoms with E-state index in [9.17, 15) is 9.59 Å². The molecule has 4 rings (SSSR count). The van der Waals surface area contributed by atoms with Crippen molar-refractivity contribution in [3.05, 3.63) is 58.9 Å².